The average Bonchev–Trinajstić information content (AvgIpc) is 3.47. The van der Waals surface area contributed by atoms with Gasteiger partial charge in [0.2, 0.25) is 0 Å². The van der Waals surface area contributed by atoms with E-state index in [2.05, 4.69) is 26.7 Å². The van der Waals surface area contributed by atoms with Gasteiger partial charge in [0, 0.05) is 48.6 Å². The van der Waals surface area contributed by atoms with Crippen molar-refractivity contribution in [3.05, 3.63) is 64.7 Å². The van der Waals surface area contributed by atoms with E-state index in [0.717, 1.165) is 51.5 Å². The van der Waals surface area contributed by atoms with Crippen molar-refractivity contribution in [2.75, 3.05) is 58.4 Å². The molecule has 1 N–H and O–H groups in total. The van der Waals surface area contributed by atoms with Crippen molar-refractivity contribution < 1.29 is 32.2 Å². The fraction of sp³-hybridized carbons (Fsp3) is 0.590. The summed E-state index contributed by atoms with van der Waals surface area (Å²) in [6, 6.07) is 11.0. The molecule has 7 rings (SSSR count). The number of carbonyl (C=O) groups is 2. The molecule has 2 amide bonds. The van der Waals surface area contributed by atoms with Gasteiger partial charge in [0.1, 0.15) is 17.5 Å². The lowest BCUT2D eigenvalue weighted by Gasteiger charge is -2.46. The number of anilines is 1. The predicted octanol–water partition coefficient (Wildman–Crippen LogP) is 5.54. The van der Waals surface area contributed by atoms with Crippen LogP contribution in [0.5, 0.6) is 5.75 Å². The Balaban J connectivity index is 1.26. The molecule has 13 heteroatoms. The largest absolute Gasteiger partial charge is 0.490 e. The Kier molecular flexibility index (Phi) is 10.3. The number of halogens is 1. The Bertz CT molecular complexity index is 1830. The van der Waals surface area contributed by atoms with Gasteiger partial charge in [0.05, 0.1) is 23.8 Å². The highest BCUT2D eigenvalue weighted by atomic mass is 35.5. The molecule has 2 bridgehead atoms. The highest BCUT2D eigenvalue weighted by Crippen LogP contribution is 2.47. The molecule has 52 heavy (non-hydrogen) atoms. The summed E-state index contributed by atoms with van der Waals surface area (Å²) in [6.07, 6.45) is 9.38. The number of rotatable bonds is 3. The number of likely N-dealkylation sites (N-methyl/N-ethyl adjacent to an activating group) is 1. The maximum absolute atomic E-state index is 13.8. The van der Waals surface area contributed by atoms with Gasteiger partial charge >= 0.3 is 6.09 Å². The molecule has 1 saturated heterocycles. The zero-order chi connectivity index (χ0) is 36.8. The van der Waals surface area contributed by atoms with E-state index in [9.17, 15) is 18.0 Å². The Morgan fingerprint density at radius 2 is 1.94 bits per heavy atom. The Morgan fingerprint density at radius 1 is 1.12 bits per heavy atom. The summed E-state index contributed by atoms with van der Waals surface area (Å²) >= 11 is 6.46. The highest BCUT2D eigenvalue weighted by molar-refractivity contribution is 7.90. The molecule has 3 aliphatic heterocycles. The van der Waals surface area contributed by atoms with E-state index in [-0.39, 0.29) is 40.9 Å². The van der Waals surface area contributed by atoms with Gasteiger partial charge in [-0.2, -0.15) is 0 Å². The molecule has 282 valence electrons. The number of amides is 2. The lowest BCUT2D eigenvalue weighted by Crippen LogP contribution is -2.50. The number of carbonyl (C=O) groups excluding carboxylic acids is 2. The highest BCUT2D eigenvalue weighted by Gasteiger charge is 2.46. The number of fused-ring (bicyclic) bond motifs is 4. The van der Waals surface area contributed by atoms with E-state index in [1.165, 1.54) is 31.0 Å². The number of aryl methyl sites for hydroxylation is 1. The van der Waals surface area contributed by atoms with Gasteiger partial charge in [-0.05, 0) is 126 Å². The van der Waals surface area contributed by atoms with Crippen LogP contribution in [-0.2, 0) is 36.1 Å². The van der Waals surface area contributed by atoms with Crippen molar-refractivity contribution in [3.63, 3.8) is 0 Å². The second-order valence-corrected chi connectivity index (χ2v) is 18.1. The molecule has 0 unspecified atom stereocenters. The number of nitrogens with one attached hydrogen (secondary N) is 1. The minimum atomic E-state index is -4.24. The van der Waals surface area contributed by atoms with Crippen LogP contribution in [0.25, 0.3) is 0 Å². The van der Waals surface area contributed by atoms with Crippen LogP contribution in [0.4, 0.5) is 10.5 Å². The minimum absolute atomic E-state index is 0.0300. The third-order valence-electron chi connectivity index (χ3n) is 11.7. The number of ether oxygens (including phenoxy) is 3. The molecule has 11 nitrogen and oxygen atoms in total. The fourth-order valence-electron chi connectivity index (χ4n) is 8.75. The van der Waals surface area contributed by atoms with Crippen molar-refractivity contribution in [1.82, 2.24) is 14.5 Å². The van der Waals surface area contributed by atoms with E-state index in [1.54, 1.807) is 18.2 Å². The van der Waals surface area contributed by atoms with Crippen LogP contribution in [-0.4, -0.2) is 101 Å². The molecule has 2 aromatic carbocycles. The van der Waals surface area contributed by atoms with Crippen molar-refractivity contribution in [3.8, 4) is 5.75 Å². The molecule has 2 aromatic rings. The van der Waals surface area contributed by atoms with Crippen molar-refractivity contribution in [1.29, 1.82) is 0 Å². The second-order valence-electron chi connectivity index (χ2n) is 16.0. The van der Waals surface area contributed by atoms with Crippen molar-refractivity contribution in [2.24, 2.45) is 11.8 Å². The number of hydrogen-bond acceptors (Lipinski definition) is 9. The zero-order valence-corrected chi connectivity index (χ0v) is 32.2. The van der Waals surface area contributed by atoms with Crippen LogP contribution < -0.4 is 14.4 Å². The molecular formula is C39H51ClN4O7S. The molecule has 2 aliphatic carbocycles. The van der Waals surface area contributed by atoms with E-state index in [4.69, 9.17) is 25.8 Å². The Hall–Kier alpha value is -3.32. The van der Waals surface area contributed by atoms with Crippen molar-refractivity contribution >= 4 is 39.3 Å². The summed E-state index contributed by atoms with van der Waals surface area (Å²) in [5, 5.41) is 0.706. The molecule has 5 aliphatic rings. The summed E-state index contributed by atoms with van der Waals surface area (Å²) in [4.78, 5) is 33.4. The number of sulfonamides is 1. The maximum atomic E-state index is 13.8. The van der Waals surface area contributed by atoms with Crippen LogP contribution in [0, 0.1) is 11.8 Å². The van der Waals surface area contributed by atoms with Gasteiger partial charge in [-0.3, -0.25) is 4.79 Å². The maximum Gasteiger partial charge on any atom is 0.410 e. The SMILES string of the molecule is CN(C)C[C@@H]1CCCN1C(=O)O[C@H]1/C=C/COC(C)(C)C(=O)NS(=O)(=O)c2ccc3c(c2)N(C[C@@H]2CC[C@H]21)C[C@@]1(CCCc2cc(Cl)ccc21)CO3. The average molecular weight is 755 g/mol. The first-order valence-electron chi connectivity index (χ1n) is 18.6. The molecule has 1 spiro atoms. The third kappa shape index (κ3) is 7.41. The van der Waals surface area contributed by atoms with E-state index >= 15 is 0 Å². The molecule has 5 atom stereocenters. The second kappa shape index (κ2) is 14.5. The quantitative estimate of drug-likeness (QED) is 0.404. The van der Waals surface area contributed by atoms with E-state index in [1.807, 2.05) is 31.1 Å². The van der Waals surface area contributed by atoms with Crippen LogP contribution in [0.1, 0.15) is 63.5 Å². The molecule has 2 fully saturated rings. The number of hydrogen-bond donors (Lipinski definition) is 1. The zero-order valence-electron chi connectivity index (χ0n) is 30.6. The van der Waals surface area contributed by atoms with Crippen LogP contribution in [0.3, 0.4) is 0 Å². The van der Waals surface area contributed by atoms with Crippen LogP contribution in [0.2, 0.25) is 5.02 Å². The third-order valence-corrected chi connectivity index (χ3v) is 13.3. The first-order valence-corrected chi connectivity index (χ1v) is 20.4. The van der Waals surface area contributed by atoms with Gasteiger partial charge in [-0.15, -0.1) is 0 Å². The summed E-state index contributed by atoms with van der Waals surface area (Å²) in [5.74, 6) is -0.00411. The van der Waals surface area contributed by atoms with Gasteiger partial charge in [-0.1, -0.05) is 23.7 Å². The molecule has 1 saturated carbocycles. The van der Waals surface area contributed by atoms with E-state index < -0.39 is 27.6 Å². The summed E-state index contributed by atoms with van der Waals surface area (Å²) in [6.45, 7) is 6.20. The van der Waals surface area contributed by atoms with Gasteiger partial charge in [0.15, 0.2) is 0 Å². The standard InChI is InChI=1S/C39H51ClN4O7S/c1-38(2)36(45)41-52(47,48)30-13-16-35-33(21-30)43(24-39(25-49-35)17-5-8-26-20-28(40)12-15-32(26)39)22-27-11-14-31(27)34(10-7-19-50-38)51-37(46)44-18-6-9-29(44)23-42(3)4/h7,10,12-13,15-16,20-21,27,29,31,34H,5-6,8-9,11,14,17-19,22-25H2,1-4H3,(H,41,45)/b10-7+/t27-,29-,31+,34-,39-/m0/s1. The first kappa shape index (κ1) is 37.0. The first-order chi connectivity index (χ1) is 24.7. The summed E-state index contributed by atoms with van der Waals surface area (Å²) in [7, 11) is -0.209. The van der Waals surface area contributed by atoms with Crippen LogP contribution >= 0.6 is 11.6 Å². The lowest BCUT2D eigenvalue weighted by atomic mass is 9.68. The molecule has 3 heterocycles. The Labute approximate surface area is 312 Å². The molecule has 0 radical (unpaired) electrons. The predicted molar refractivity (Wildman–Crippen MR) is 199 cm³/mol. The minimum Gasteiger partial charge on any atom is -0.490 e. The van der Waals surface area contributed by atoms with Gasteiger partial charge < -0.3 is 28.9 Å². The number of likely N-dealkylation sites (tertiary alicyclic amines) is 1. The number of nitrogens with zero attached hydrogens (tertiary/aromatic N) is 3. The topological polar surface area (TPSA) is 118 Å². The number of benzene rings is 2. The molecule has 0 aromatic heterocycles. The van der Waals surface area contributed by atoms with Gasteiger partial charge in [-0.25, -0.2) is 17.9 Å². The Morgan fingerprint density at radius 3 is 2.71 bits per heavy atom. The lowest BCUT2D eigenvalue weighted by molar-refractivity contribution is -0.139. The van der Waals surface area contributed by atoms with Crippen LogP contribution in [0.15, 0.2) is 53.4 Å². The summed E-state index contributed by atoms with van der Waals surface area (Å²) in [5.41, 5.74) is 1.28. The van der Waals surface area contributed by atoms with Crippen molar-refractivity contribution in [2.45, 2.75) is 86.9 Å². The fourth-order valence-corrected chi connectivity index (χ4v) is 10.1. The van der Waals surface area contributed by atoms with E-state index in [0.29, 0.717) is 42.7 Å². The normalized spacial score (nSPS) is 30.3. The summed E-state index contributed by atoms with van der Waals surface area (Å²) < 4.78 is 48.5. The van der Waals surface area contributed by atoms with Gasteiger partial charge in [0.25, 0.3) is 15.9 Å². The smallest absolute Gasteiger partial charge is 0.410 e. The molecular weight excluding hydrogens is 704 g/mol. The monoisotopic (exact) mass is 754 g/mol.